The molecule has 4 heteroatoms. The number of rotatable bonds is 3. The van der Waals surface area contributed by atoms with E-state index in [9.17, 15) is 0 Å². The number of aryl methyl sites for hydroxylation is 1. The maximum atomic E-state index is 5.94. The Morgan fingerprint density at radius 3 is 2.95 bits per heavy atom. The van der Waals surface area contributed by atoms with Gasteiger partial charge in [-0.1, -0.05) is 17.7 Å². The first kappa shape index (κ1) is 12.1. The molecule has 2 heterocycles. The summed E-state index contributed by atoms with van der Waals surface area (Å²) in [6.07, 6.45) is 4.03. The Balaban J connectivity index is 1.78. The normalized spacial score (nSPS) is 10.8. The first-order chi connectivity index (χ1) is 9.22. The van der Waals surface area contributed by atoms with Crippen molar-refractivity contribution in [2.45, 2.75) is 13.5 Å². The monoisotopic (exact) mass is 271 g/mol. The summed E-state index contributed by atoms with van der Waals surface area (Å²) < 4.78 is 2.02. The van der Waals surface area contributed by atoms with E-state index in [4.69, 9.17) is 11.6 Å². The van der Waals surface area contributed by atoms with Crippen molar-refractivity contribution >= 4 is 22.9 Å². The van der Waals surface area contributed by atoms with Crippen LogP contribution in [-0.2, 0) is 6.54 Å². The molecule has 1 N–H and O–H groups in total. The summed E-state index contributed by atoms with van der Waals surface area (Å²) in [5.74, 6) is 0. The van der Waals surface area contributed by atoms with Gasteiger partial charge in [-0.15, -0.1) is 0 Å². The lowest BCUT2D eigenvalue weighted by atomic mass is 10.2. The van der Waals surface area contributed by atoms with Gasteiger partial charge in [-0.2, -0.15) is 0 Å². The molecule has 96 valence electrons. The number of hydrogen-bond acceptors (Lipinski definition) is 2. The van der Waals surface area contributed by atoms with Gasteiger partial charge in [0, 0.05) is 23.1 Å². The van der Waals surface area contributed by atoms with Gasteiger partial charge in [-0.3, -0.25) is 0 Å². The number of imidazole rings is 1. The number of aromatic nitrogens is 2. The van der Waals surface area contributed by atoms with Crippen molar-refractivity contribution in [2.75, 3.05) is 5.32 Å². The molecule has 0 saturated carbocycles. The van der Waals surface area contributed by atoms with Crippen LogP contribution >= 0.6 is 11.6 Å². The van der Waals surface area contributed by atoms with Crippen LogP contribution in [0.4, 0.5) is 5.69 Å². The van der Waals surface area contributed by atoms with Crippen LogP contribution in [0.3, 0.4) is 0 Å². The topological polar surface area (TPSA) is 29.3 Å². The molecule has 0 saturated heterocycles. The van der Waals surface area contributed by atoms with E-state index in [-0.39, 0.29) is 0 Å². The van der Waals surface area contributed by atoms with E-state index >= 15 is 0 Å². The predicted molar refractivity (Wildman–Crippen MR) is 78.7 cm³/mol. The standard InChI is InChI=1S/C15H14ClN3/c1-11-8-12(16)5-6-14(11)17-9-13-10-19-7-3-2-4-15(19)18-13/h2-8,10,17H,9H2,1H3. The maximum Gasteiger partial charge on any atom is 0.137 e. The Morgan fingerprint density at radius 1 is 1.26 bits per heavy atom. The fourth-order valence-electron chi connectivity index (χ4n) is 2.08. The number of nitrogens with one attached hydrogen (secondary N) is 1. The van der Waals surface area contributed by atoms with Gasteiger partial charge >= 0.3 is 0 Å². The molecule has 3 rings (SSSR count). The first-order valence-corrected chi connectivity index (χ1v) is 6.53. The fourth-order valence-corrected chi connectivity index (χ4v) is 2.31. The highest BCUT2D eigenvalue weighted by Gasteiger charge is 2.02. The average Bonchev–Trinajstić information content (AvgIpc) is 2.80. The molecule has 3 nitrogen and oxygen atoms in total. The highest BCUT2D eigenvalue weighted by molar-refractivity contribution is 6.30. The Kier molecular flexibility index (Phi) is 3.13. The molecule has 3 aromatic rings. The van der Waals surface area contributed by atoms with E-state index in [2.05, 4.69) is 10.3 Å². The third-order valence-corrected chi connectivity index (χ3v) is 3.30. The van der Waals surface area contributed by atoms with Crippen molar-refractivity contribution in [1.82, 2.24) is 9.38 Å². The average molecular weight is 272 g/mol. The van der Waals surface area contributed by atoms with Crippen LogP contribution in [0.15, 0.2) is 48.8 Å². The van der Waals surface area contributed by atoms with Crippen LogP contribution in [0, 0.1) is 6.92 Å². The molecule has 0 unspecified atom stereocenters. The molecule has 0 radical (unpaired) electrons. The summed E-state index contributed by atoms with van der Waals surface area (Å²) in [5, 5.41) is 4.14. The zero-order valence-corrected chi connectivity index (χ0v) is 11.4. The molecule has 0 aliphatic carbocycles. The maximum absolute atomic E-state index is 5.94. The molecule has 0 aliphatic heterocycles. The van der Waals surface area contributed by atoms with Crippen LogP contribution in [0.2, 0.25) is 5.02 Å². The Morgan fingerprint density at radius 2 is 2.16 bits per heavy atom. The van der Waals surface area contributed by atoms with Crippen molar-refractivity contribution in [3.63, 3.8) is 0 Å². The van der Waals surface area contributed by atoms with E-state index in [1.54, 1.807) is 0 Å². The molecule has 1 aromatic carbocycles. The van der Waals surface area contributed by atoms with Crippen molar-refractivity contribution in [2.24, 2.45) is 0 Å². The predicted octanol–water partition coefficient (Wildman–Crippen LogP) is 3.91. The van der Waals surface area contributed by atoms with E-state index in [1.165, 1.54) is 0 Å². The molecule has 19 heavy (non-hydrogen) atoms. The lowest BCUT2D eigenvalue weighted by Crippen LogP contribution is -2.01. The zero-order chi connectivity index (χ0) is 13.2. The number of anilines is 1. The van der Waals surface area contributed by atoms with E-state index < -0.39 is 0 Å². The van der Waals surface area contributed by atoms with Crippen molar-refractivity contribution in [3.05, 3.63) is 65.1 Å². The highest BCUT2D eigenvalue weighted by Crippen LogP contribution is 2.20. The quantitative estimate of drug-likeness (QED) is 0.783. The summed E-state index contributed by atoms with van der Waals surface area (Å²) in [4.78, 5) is 4.55. The third-order valence-electron chi connectivity index (χ3n) is 3.06. The molecule has 0 atom stereocenters. The molecule has 0 aliphatic rings. The second kappa shape index (κ2) is 4.94. The summed E-state index contributed by atoms with van der Waals surface area (Å²) in [6.45, 7) is 2.74. The second-order valence-corrected chi connectivity index (χ2v) is 4.95. The van der Waals surface area contributed by atoms with E-state index in [0.29, 0.717) is 6.54 Å². The highest BCUT2D eigenvalue weighted by atomic mass is 35.5. The van der Waals surface area contributed by atoms with Gasteiger partial charge in [-0.05, 0) is 42.8 Å². The largest absolute Gasteiger partial charge is 0.379 e. The summed E-state index contributed by atoms with van der Waals surface area (Å²) in [5.41, 5.74) is 4.20. The van der Waals surface area contributed by atoms with Gasteiger partial charge in [-0.25, -0.2) is 4.98 Å². The van der Waals surface area contributed by atoms with Gasteiger partial charge in [0.05, 0.1) is 12.2 Å². The smallest absolute Gasteiger partial charge is 0.137 e. The number of fused-ring (bicyclic) bond motifs is 1. The summed E-state index contributed by atoms with van der Waals surface area (Å²) in [7, 11) is 0. The minimum atomic E-state index is 0.699. The molecule has 2 aromatic heterocycles. The van der Waals surface area contributed by atoms with Gasteiger partial charge in [0.25, 0.3) is 0 Å². The minimum absolute atomic E-state index is 0.699. The van der Waals surface area contributed by atoms with Crippen molar-refractivity contribution in [1.29, 1.82) is 0 Å². The Bertz CT molecular complexity index is 685. The van der Waals surface area contributed by atoms with Gasteiger partial charge < -0.3 is 9.72 Å². The van der Waals surface area contributed by atoms with Gasteiger partial charge in [0.2, 0.25) is 0 Å². The lowest BCUT2D eigenvalue weighted by Gasteiger charge is -2.08. The van der Waals surface area contributed by atoms with Crippen LogP contribution < -0.4 is 5.32 Å². The molecular formula is C15H14ClN3. The van der Waals surface area contributed by atoms with Gasteiger partial charge in [0.1, 0.15) is 5.65 Å². The number of halogens is 1. The molecule has 0 bridgehead atoms. The molecule has 0 amide bonds. The van der Waals surface area contributed by atoms with Crippen molar-refractivity contribution < 1.29 is 0 Å². The fraction of sp³-hybridized carbons (Fsp3) is 0.133. The number of nitrogens with zero attached hydrogens (tertiary/aromatic N) is 2. The molecule has 0 fully saturated rings. The minimum Gasteiger partial charge on any atom is -0.379 e. The summed E-state index contributed by atoms with van der Waals surface area (Å²) in [6, 6.07) is 11.8. The first-order valence-electron chi connectivity index (χ1n) is 6.15. The Labute approximate surface area is 116 Å². The van der Waals surface area contributed by atoms with Crippen LogP contribution in [0.1, 0.15) is 11.3 Å². The second-order valence-electron chi connectivity index (χ2n) is 4.51. The SMILES string of the molecule is Cc1cc(Cl)ccc1NCc1cn2ccccc2n1. The Hall–Kier alpha value is -2.00. The van der Waals surface area contributed by atoms with E-state index in [0.717, 1.165) is 27.6 Å². The summed E-state index contributed by atoms with van der Waals surface area (Å²) >= 11 is 5.94. The molecular weight excluding hydrogens is 258 g/mol. The third kappa shape index (κ3) is 2.56. The molecule has 0 spiro atoms. The zero-order valence-electron chi connectivity index (χ0n) is 10.6. The number of hydrogen-bond donors (Lipinski definition) is 1. The van der Waals surface area contributed by atoms with E-state index in [1.807, 2.05) is 60.1 Å². The van der Waals surface area contributed by atoms with Crippen LogP contribution in [0.25, 0.3) is 5.65 Å². The number of pyridine rings is 1. The van der Waals surface area contributed by atoms with Crippen LogP contribution in [-0.4, -0.2) is 9.38 Å². The van der Waals surface area contributed by atoms with Crippen LogP contribution in [0.5, 0.6) is 0 Å². The van der Waals surface area contributed by atoms with Gasteiger partial charge in [0.15, 0.2) is 0 Å². The van der Waals surface area contributed by atoms with Crippen molar-refractivity contribution in [3.8, 4) is 0 Å². The number of benzene rings is 1. The lowest BCUT2D eigenvalue weighted by molar-refractivity contribution is 1.07.